The smallest absolute Gasteiger partial charge is 0.224 e. The molecule has 3 aromatic carbocycles. The lowest BCUT2D eigenvalue weighted by atomic mass is 10.2. The molecule has 0 saturated heterocycles. The highest BCUT2D eigenvalue weighted by molar-refractivity contribution is 6.32. The van der Waals surface area contributed by atoms with Crippen molar-refractivity contribution in [1.29, 1.82) is 0 Å². The lowest BCUT2D eigenvalue weighted by Gasteiger charge is -2.13. The Morgan fingerprint density at radius 3 is 2.36 bits per heavy atom. The first-order valence-corrected chi connectivity index (χ1v) is 9.59. The van der Waals surface area contributed by atoms with Crippen LogP contribution in [0, 0.1) is 6.92 Å². The molecule has 5 heteroatoms. The number of halogens is 1. The van der Waals surface area contributed by atoms with Crippen LogP contribution in [0.5, 0.6) is 5.75 Å². The van der Waals surface area contributed by atoms with Gasteiger partial charge in [-0.05, 0) is 49.7 Å². The van der Waals surface area contributed by atoms with Gasteiger partial charge in [-0.3, -0.25) is 4.79 Å². The number of amides is 1. The molecule has 0 aromatic heterocycles. The lowest BCUT2D eigenvalue weighted by molar-refractivity contribution is -0.116. The van der Waals surface area contributed by atoms with Crippen LogP contribution in [0.3, 0.4) is 0 Å². The predicted octanol–water partition coefficient (Wildman–Crippen LogP) is 6.19. The molecule has 1 amide bonds. The summed E-state index contributed by atoms with van der Waals surface area (Å²) in [5.41, 5.74) is 3.78. The van der Waals surface area contributed by atoms with Gasteiger partial charge in [0, 0.05) is 12.1 Å². The summed E-state index contributed by atoms with van der Waals surface area (Å²) in [5, 5.41) is 6.89. The Labute approximate surface area is 170 Å². The minimum Gasteiger partial charge on any atom is -0.492 e. The summed E-state index contributed by atoms with van der Waals surface area (Å²) < 4.78 is 5.63. The zero-order valence-electron chi connectivity index (χ0n) is 15.7. The van der Waals surface area contributed by atoms with Crippen LogP contribution in [0.2, 0.25) is 5.02 Å². The molecule has 3 aromatic rings. The molecule has 28 heavy (non-hydrogen) atoms. The van der Waals surface area contributed by atoms with Crippen molar-refractivity contribution >= 4 is 34.6 Å². The molecule has 0 aliphatic heterocycles. The Morgan fingerprint density at radius 1 is 0.929 bits per heavy atom. The van der Waals surface area contributed by atoms with Gasteiger partial charge < -0.3 is 15.4 Å². The number of carbonyl (C=O) groups is 1. The average Bonchev–Trinajstić information content (AvgIpc) is 2.70. The van der Waals surface area contributed by atoms with Crippen LogP contribution in [0.25, 0.3) is 0 Å². The Bertz CT molecular complexity index is 926. The first-order valence-electron chi connectivity index (χ1n) is 9.22. The van der Waals surface area contributed by atoms with Crippen LogP contribution in [-0.2, 0) is 4.79 Å². The van der Waals surface area contributed by atoms with Crippen LogP contribution < -0.4 is 15.4 Å². The van der Waals surface area contributed by atoms with Gasteiger partial charge in [0.25, 0.3) is 0 Å². The standard InChI is InChI=1S/C23H23ClN2O2/c1-17-12-14-18(15-13-17)25-20-8-3-4-9-21(20)26-23(27)11-6-16-28-22-10-5-2-7-19(22)24/h2-5,7-10,12-15,25H,6,11,16H2,1H3,(H,26,27). The van der Waals surface area contributed by atoms with Crippen molar-refractivity contribution in [2.24, 2.45) is 0 Å². The third-order valence-electron chi connectivity index (χ3n) is 4.17. The molecule has 0 aliphatic carbocycles. The number of anilines is 3. The van der Waals surface area contributed by atoms with Crippen molar-refractivity contribution in [3.8, 4) is 5.75 Å². The maximum absolute atomic E-state index is 12.3. The fourth-order valence-corrected chi connectivity index (χ4v) is 2.87. The van der Waals surface area contributed by atoms with Gasteiger partial charge in [-0.15, -0.1) is 0 Å². The topological polar surface area (TPSA) is 50.4 Å². The fourth-order valence-electron chi connectivity index (χ4n) is 2.68. The number of hydrogen-bond acceptors (Lipinski definition) is 3. The predicted molar refractivity (Wildman–Crippen MR) is 116 cm³/mol. The summed E-state index contributed by atoms with van der Waals surface area (Å²) in [7, 11) is 0. The maximum atomic E-state index is 12.3. The fraction of sp³-hybridized carbons (Fsp3) is 0.174. The molecular weight excluding hydrogens is 372 g/mol. The second-order valence-corrected chi connectivity index (χ2v) is 6.87. The molecule has 0 atom stereocenters. The van der Waals surface area contributed by atoms with E-state index in [0.29, 0.717) is 30.2 Å². The van der Waals surface area contributed by atoms with Gasteiger partial charge in [0.15, 0.2) is 0 Å². The molecular formula is C23H23ClN2O2. The minimum atomic E-state index is -0.0547. The van der Waals surface area contributed by atoms with Gasteiger partial charge in [-0.1, -0.05) is 53.6 Å². The summed E-state index contributed by atoms with van der Waals surface area (Å²) in [5.74, 6) is 0.582. The summed E-state index contributed by atoms with van der Waals surface area (Å²) in [6.45, 7) is 2.48. The quantitative estimate of drug-likeness (QED) is 0.448. The Hall–Kier alpha value is -2.98. The molecule has 144 valence electrons. The zero-order chi connectivity index (χ0) is 19.8. The van der Waals surface area contributed by atoms with E-state index in [4.69, 9.17) is 16.3 Å². The first-order chi connectivity index (χ1) is 13.6. The van der Waals surface area contributed by atoms with E-state index < -0.39 is 0 Å². The van der Waals surface area contributed by atoms with E-state index in [1.807, 2.05) is 73.7 Å². The number of aryl methyl sites for hydroxylation is 1. The molecule has 0 aliphatic rings. The molecule has 0 heterocycles. The number of hydrogen-bond donors (Lipinski definition) is 2. The van der Waals surface area contributed by atoms with Crippen LogP contribution in [0.4, 0.5) is 17.1 Å². The monoisotopic (exact) mass is 394 g/mol. The second kappa shape index (κ2) is 9.81. The van der Waals surface area contributed by atoms with Crippen LogP contribution >= 0.6 is 11.6 Å². The number of nitrogens with one attached hydrogen (secondary N) is 2. The van der Waals surface area contributed by atoms with E-state index in [-0.39, 0.29) is 5.91 Å². The molecule has 0 radical (unpaired) electrons. The summed E-state index contributed by atoms with van der Waals surface area (Å²) in [6, 6.07) is 23.1. The normalized spacial score (nSPS) is 10.4. The van der Waals surface area contributed by atoms with Gasteiger partial charge in [-0.2, -0.15) is 0 Å². The van der Waals surface area contributed by atoms with Crippen molar-refractivity contribution in [3.05, 3.63) is 83.4 Å². The highest BCUT2D eigenvalue weighted by Crippen LogP contribution is 2.26. The Balaban J connectivity index is 1.51. The number of ether oxygens (including phenoxy) is 1. The number of para-hydroxylation sites is 3. The summed E-state index contributed by atoms with van der Waals surface area (Å²) in [4.78, 5) is 12.3. The third-order valence-corrected chi connectivity index (χ3v) is 4.49. The van der Waals surface area contributed by atoms with Crippen LogP contribution in [0.1, 0.15) is 18.4 Å². The lowest BCUT2D eigenvalue weighted by Crippen LogP contribution is -2.14. The van der Waals surface area contributed by atoms with Gasteiger partial charge in [-0.25, -0.2) is 0 Å². The van der Waals surface area contributed by atoms with Crippen LogP contribution in [0.15, 0.2) is 72.8 Å². The van der Waals surface area contributed by atoms with Gasteiger partial charge in [0.1, 0.15) is 5.75 Å². The summed E-state index contributed by atoms with van der Waals surface area (Å²) in [6.07, 6.45) is 0.966. The van der Waals surface area contributed by atoms with E-state index in [2.05, 4.69) is 10.6 Å². The molecule has 2 N–H and O–H groups in total. The average molecular weight is 395 g/mol. The summed E-state index contributed by atoms with van der Waals surface area (Å²) >= 11 is 6.05. The Kier molecular flexibility index (Phi) is 6.93. The number of carbonyl (C=O) groups excluding carboxylic acids is 1. The third kappa shape index (κ3) is 5.76. The zero-order valence-corrected chi connectivity index (χ0v) is 16.5. The molecule has 3 rings (SSSR count). The first kappa shape index (κ1) is 19.8. The van der Waals surface area contributed by atoms with Crippen molar-refractivity contribution in [2.45, 2.75) is 19.8 Å². The highest BCUT2D eigenvalue weighted by atomic mass is 35.5. The van der Waals surface area contributed by atoms with E-state index in [9.17, 15) is 4.79 Å². The van der Waals surface area contributed by atoms with Crippen molar-refractivity contribution in [2.75, 3.05) is 17.2 Å². The van der Waals surface area contributed by atoms with E-state index in [0.717, 1.165) is 17.1 Å². The number of rotatable bonds is 8. The van der Waals surface area contributed by atoms with Gasteiger partial charge in [0.05, 0.1) is 23.0 Å². The second-order valence-electron chi connectivity index (χ2n) is 6.47. The van der Waals surface area contributed by atoms with E-state index in [1.165, 1.54) is 5.56 Å². The van der Waals surface area contributed by atoms with Crippen molar-refractivity contribution in [3.63, 3.8) is 0 Å². The molecule has 4 nitrogen and oxygen atoms in total. The van der Waals surface area contributed by atoms with Crippen molar-refractivity contribution < 1.29 is 9.53 Å². The highest BCUT2D eigenvalue weighted by Gasteiger charge is 2.08. The SMILES string of the molecule is Cc1ccc(Nc2ccccc2NC(=O)CCCOc2ccccc2Cl)cc1. The largest absolute Gasteiger partial charge is 0.492 e. The Morgan fingerprint density at radius 2 is 1.61 bits per heavy atom. The molecule has 0 unspecified atom stereocenters. The number of benzene rings is 3. The van der Waals surface area contributed by atoms with Crippen LogP contribution in [-0.4, -0.2) is 12.5 Å². The maximum Gasteiger partial charge on any atom is 0.224 e. The minimum absolute atomic E-state index is 0.0547. The van der Waals surface area contributed by atoms with E-state index >= 15 is 0 Å². The van der Waals surface area contributed by atoms with Crippen molar-refractivity contribution in [1.82, 2.24) is 0 Å². The van der Waals surface area contributed by atoms with E-state index in [1.54, 1.807) is 6.07 Å². The molecule has 0 spiro atoms. The molecule has 0 bridgehead atoms. The molecule has 0 fully saturated rings. The van der Waals surface area contributed by atoms with Gasteiger partial charge >= 0.3 is 0 Å². The molecule has 0 saturated carbocycles. The van der Waals surface area contributed by atoms with Gasteiger partial charge in [0.2, 0.25) is 5.91 Å².